The smallest absolute Gasteiger partial charge is 0.315 e. The molecule has 6 heteroatoms. The van der Waals surface area contributed by atoms with Crippen LogP contribution in [0.25, 0.3) is 0 Å². The Morgan fingerprint density at radius 3 is 2.52 bits per heavy atom. The first-order chi connectivity index (χ1) is 21.2. The molecule has 6 nitrogen and oxygen atoms in total. The zero-order valence-corrected chi connectivity index (χ0v) is 28.1. The van der Waals surface area contributed by atoms with Gasteiger partial charge in [-0.25, -0.2) is 0 Å². The third kappa shape index (κ3) is 4.35. The quantitative estimate of drug-likeness (QED) is 0.204. The number of allylic oxidation sites excluding steroid dienone is 1. The zero-order valence-electron chi connectivity index (χ0n) is 28.1. The van der Waals surface area contributed by atoms with Crippen LogP contribution in [0.2, 0.25) is 0 Å². The van der Waals surface area contributed by atoms with E-state index in [1.165, 1.54) is 51.2 Å². The van der Waals surface area contributed by atoms with Crippen LogP contribution < -0.4 is 5.32 Å². The predicted molar refractivity (Wildman–Crippen MR) is 173 cm³/mol. The van der Waals surface area contributed by atoms with Gasteiger partial charge in [-0.1, -0.05) is 71.4 Å². The molecule has 4 saturated carbocycles. The van der Waals surface area contributed by atoms with Gasteiger partial charge in [0.05, 0.1) is 17.6 Å². The van der Waals surface area contributed by atoms with Crippen LogP contribution in [-0.2, 0) is 14.3 Å². The number of carboxylic acids is 1. The zero-order chi connectivity index (χ0) is 30.9. The molecule has 6 unspecified atom stereocenters. The Balaban J connectivity index is 1.23. The van der Waals surface area contributed by atoms with E-state index in [0.29, 0.717) is 24.2 Å². The number of nitrogens with one attached hydrogen (secondary N) is 1. The summed E-state index contributed by atoms with van der Waals surface area (Å²) < 4.78 is 7.43. The number of rotatable bonds is 11. The van der Waals surface area contributed by atoms with Crippen LogP contribution in [-0.4, -0.2) is 67.2 Å². The van der Waals surface area contributed by atoms with Crippen molar-refractivity contribution in [3.63, 3.8) is 0 Å². The molecular formula is C38H60N2O4. The molecule has 7 aliphatic rings. The van der Waals surface area contributed by atoms with Gasteiger partial charge in [0.25, 0.3) is 0 Å². The number of carbonyl (C=O) groups excluding carboxylic acids is 1. The minimum atomic E-state index is -1.13. The van der Waals surface area contributed by atoms with Crippen molar-refractivity contribution in [2.75, 3.05) is 32.7 Å². The van der Waals surface area contributed by atoms with Gasteiger partial charge in [0.2, 0.25) is 0 Å². The van der Waals surface area contributed by atoms with E-state index in [4.69, 9.17) is 4.74 Å². The number of fused-ring (bicyclic) bond motifs is 2. The van der Waals surface area contributed by atoms with Crippen molar-refractivity contribution in [3.05, 3.63) is 11.6 Å². The molecule has 7 rings (SSSR count). The van der Waals surface area contributed by atoms with Crippen LogP contribution in [0, 0.1) is 63.6 Å². The van der Waals surface area contributed by atoms with Gasteiger partial charge in [-0.3, -0.25) is 4.79 Å². The van der Waals surface area contributed by atoms with Crippen molar-refractivity contribution in [1.82, 2.24) is 10.2 Å². The van der Waals surface area contributed by atoms with E-state index in [-0.39, 0.29) is 30.0 Å². The standard InChI is InChI=1S/C38H60N2O4/c1-5-39-21-27-12-14-40(15-13-27)22-33-28(16-26-8-6-7-9-26)17-34(44-33)37-20-30-25(4)10-11-31(30)36(23-41)19-29(37)18-32(24(2)3)38(36,37)35(42)43/h18,23-31,33-34,39H,5-17,19-22H2,1-4H3,(H,42,43)/t25-,28?,29?,30-,31-,33?,34?,36?,37?,38+/m1/s1. The lowest BCUT2D eigenvalue weighted by Crippen LogP contribution is -2.65. The number of aliphatic carboxylic acids is 1. The highest BCUT2D eigenvalue weighted by Crippen LogP contribution is 2.84. The van der Waals surface area contributed by atoms with E-state index in [1.807, 2.05) is 0 Å². The maximum absolute atomic E-state index is 14.1. The molecule has 44 heavy (non-hydrogen) atoms. The summed E-state index contributed by atoms with van der Waals surface area (Å²) in [5, 5.41) is 15.1. The molecule has 0 aromatic rings. The molecule has 0 amide bonds. The van der Waals surface area contributed by atoms with Gasteiger partial charge in [0.1, 0.15) is 11.7 Å². The van der Waals surface area contributed by atoms with Crippen molar-refractivity contribution in [2.45, 2.75) is 117 Å². The number of hydrogen-bond donors (Lipinski definition) is 2. The summed E-state index contributed by atoms with van der Waals surface area (Å²) >= 11 is 0. The Kier molecular flexibility index (Phi) is 8.39. The fourth-order valence-electron chi connectivity index (χ4n) is 13.1. The number of carbonyl (C=O) groups is 2. The topological polar surface area (TPSA) is 78.9 Å². The van der Waals surface area contributed by atoms with Crippen molar-refractivity contribution in [1.29, 1.82) is 0 Å². The lowest BCUT2D eigenvalue weighted by molar-refractivity contribution is -0.197. The van der Waals surface area contributed by atoms with Crippen LogP contribution in [0.5, 0.6) is 0 Å². The first kappa shape index (κ1) is 31.4. The summed E-state index contributed by atoms with van der Waals surface area (Å²) in [6.45, 7) is 14.3. The molecule has 0 spiro atoms. The number of likely N-dealkylation sites (tertiary alicyclic amines) is 1. The van der Waals surface area contributed by atoms with Crippen molar-refractivity contribution in [2.24, 2.45) is 63.6 Å². The van der Waals surface area contributed by atoms with Crippen molar-refractivity contribution in [3.8, 4) is 0 Å². The fourth-order valence-corrected chi connectivity index (χ4v) is 13.1. The van der Waals surface area contributed by atoms with E-state index < -0.39 is 22.2 Å². The normalized spacial score (nSPS) is 45.8. The van der Waals surface area contributed by atoms with Crippen LogP contribution in [0.1, 0.15) is 105 Å². The number of aldehydes is 1. The monoisotopic (exact) mass is 608 g/mol. The van der Waals surface area contributed by atoms with E-state index >= 15 is 0 Å². The minimum absolute atomic E-state index is 0.0885. The number of hydrogen-bond acceptors (Lipinski definition) is 5. The summed E-state index contributed by atoms with van der Waals surface area (Å²) in [5.41, 5.74) is -1.40. The Hall–Kier alpha value is -1.24. The molecule has 2 aliphatic heterocycles. The summed E-state index contributed by atoms with van der Waals surface area (Å²) in [5.74, 6) is 2.68. The second-order valence-corrected chi connectivity index (χ2v) is 17.0. The average Bonchev–Trinajstić information content (AvgIpc) is 3.82. The van der Waals surface area contributed by atoms with Crippen molar-refractivity contribution >= 4 is 12.3 Å². The molecule has 0 radical (unpaired) electrons. The van der Waals surface area contributed by atoms with Gasteiger partial charge >= 0.3 is 5.97 Å². The Labute approximate surface area is 266 Å². The molecule has 0 aromatic heterocycles. The first-order valence-corrected chi connectivity index (χ1v) is 18.7. The third-order valence-electron chi connectivity index (χ3n) is 14.9. The molecule has 5 aliphatic carbocycles. The van der Waals surface area contributed by atoms with Crippen molar-refractivity contribution < 1.29 is 19.4 Å². The molecule has 10 atom stereocenters. The highest BCUT2D eigenvalue weighted by molar-refractivity contribution is 5.90. The largest absolute Gasteiger partial charge is 0.481 e. The van der Waals surface area contributed by atoms with E-state index in [0.717, 1.165) is 75.8 Å². The second-order valence-electron chi connectivity index (χ2n) is 17.0. The molecule has 246 valence electrons. The average molecular weight is 609 g/mol. The Morgan fingerprint density at radius 2 is 1.86 bits per heavy atom. The van der Waals surface area contributed by atoms with Crippen LogP contribution >= 0.6 is 0 Å². The van der Waals surface area contributed by atoms with Crippen LogP contribution in [0.4, 0.5) is 0 Å². The molecular weight excluding hydrogens is 548 g/mol. The summed E-state index contributed by atoms with van der Waals surface area (Å²) in [6.07, 6.45) is 17.4. The maximum Gasteiger partial charge on any atom is 0.315 e. The fraction of sp³-hybridized carbons (Fsp3) is 0.895. The molecule has 4 bridgehead atoms. The predicted octanol–water partition coefficient (Wildman–Crippen LogP) is 6.59. The SMILES string of the molecule is CCNCC1CCN(CC2OC(C34C[C@@H]5[C@H](C)CC[C@H]5C5(C=O)CC3C=C(C(C)C)[C@@]45C(=O)O)CC2CC2CCCC2)CC1. The van der Waals surface area contributed by atoms with Gasteiger partial charge in [-0.05, 0) is 118 Å². The maximum atomic E-state index is 14.1. The van der Waals surface area contributed by atoms with Gasteiger partial charge < -0.3 is 24.9 Å². The van der Waals surface area contributed by atoms with E-state index in [9.17, 15) is 14.7 Å². The number of ether oxygens (including phenoxy) is 1. The summed E-state index contributed by atoms with van der Waals surface area (Å²) in [6, 6.07) is 0. The van der Waals surface area contributed by atoms with Crippen LogP contribution in [0.15, 0.2) is 11.6 Å². The Bertz CT molecular complexity index is 1120. The number of piperidine rings is 1. The first-order valence-electron chi connectivity index (χ1n) is 18.7. The van der Waals surface area contributed by atoms with Gasteiger partial charge in [-0.15, -0.1) is 0 Å². The lowest BCUT2D eigenvalue weighted by atomic mass is 9.41. The molecule has 0 aromatic carbocycles. The van der Waals surface area contributed by atoms with E-state index in [1.54, 1.807) is 0 Å². The molecule has 6 fully saturated rings. The van der Waals surface area contributed by atoms with Gasteiger partial charge in [-0.2, -0.15) is 0 Å². The summed E-state index contributed by atoms with van der Waals surface area (Å²) in [4.78, 5) is 30.3. The minimum Gasteiger partial charge on any atom is -0.481 e. The molecule has 2 heterocycles. The molecule has 2 N–H and O–H groups in total. The third-order valence-corrected chi connectivity index (χ3v) is 14.9. The summed E-state index contributed by atoms with van der Waals surface area (Å²) in [7, 11) is 0. The Morgan fingerprint density at radius 1 is 1.11 bits per heavy atom. The highest BCUT2D eigenvalue weighted by atomic mass is 16.5. The lowest BCUT2D eigenvalue weighted by Gasteiger charge is -2.60. The van der Waals surface area contributed by atoms with E-state index in [2.05, 4.69) is 44.0 Å². The van der Waals surface area contributed by atoms with Gasteiger partial charge in [0.15, 0.2) is 0 Å². The molecule has 2 saturated heterocycles. The van der Waals surface area contributed by atoms with Gasteiger partial charge in [0, 0.05) is 12.0 Å². The number of nitrogens with zero attached hydrogens (tertiary/aromatic N) is 1. The second kappa shape index (κ2) is 11.8. The van der Waals surface area contributed by atoms with Crippen LogP contribution in [0.3, 0.4) is 0 Å². The number of carboxylic acid groups (broad SMARTS) is 1. The highest BCUT2D eigenvalue weighted by Gasteiger charge is 2.86.